The molecule has 0 radical (unpaired) electrons. The molecule has 0 saturated carbocycles. The maximum Gasteiger partial charge on any atom is 0.266 e. The molecule has 0 aromatic heterocycles. The normalized spacial score (nSPS) is 17.4. The van der Waals surface area contributed by atoms with Crippen molar-refractivity contribution in [2.24, 2.45) is 4.99 Å². The zero-order chi connectivity index (χ0) is 18.7. The maximum absolute atomic E-state index is 13.9. The standard InChI is InChI=1S/C20H19FN2O2S/c1-4-23-19(24)18(12-14-10-9-13(2)17(11-14)25-3)26-20(23)22-16-8-6-5-7-15(16)21/h5-12H,4H2,1-3H3/b18-12+,22-20?. The third-order valence-corrected chi connectivity index (χ3v) is 5.01. The number of ether oxygens (including phenoxy) is 1. The number of hydrogen-bond donors (Lipinski definition) is 0. The van der Waals surface area contributed by atoms with Gasteiger partial charge in [0, 0.05) is 6.54 Å². The highest BCUT2D eigenvalue weighted by atomic mass is 32.2. The molecule has 4 nitrogen and oxygen atoms in total. The van der Waals surface area contributed by atoms with E-state index in [0.717, 1.165) is 16.9 Å². The fraction of sp³-hybridized carbons (Fsp3) is 0.200. The van der Waals surface area contributed by atoms with E-state index in [1.54, 1.807) is 30.2 Å². The van der Waals surface area contributed by atoms with E-state index in [2.05, 4.69) is 4.99 Å². The summed E-state index contributed by atoms with van der Waals surface area (Å²) in [5, 5.41) is 0.480. The predicted octanol–water partition coefficient (Wildman–Crippen LogP) is 4.77. The van der Waals surface area contributed by atoms with Crippen LogP contribution in [-0.4, -0.2) is 29.6 Å². The van der Waals surface area contributed by atoms with Gasteiger partial charge in [-0.3, -0.25) is 9.69 Å². The number of halogens is 1. The summed E-state index contributed by atoms with van der Waals surface area (Å²) in [6.45, 7) is 4.30. The highest BCUT2D eigenvalue weighted by molar-refractivity contribution is 8.18. The van der Waals surface area contributed by atoms with Crippen molar-refractivity contribution in [1.82, 2.24) is 4.90 Å². The molecule has 0 atom stereocenters. The Kier molecular flexibility index (Phi) is 5.42. The highest BCUT2D eigenvalue weighted by Gasteiger charge is 2.32. The molecule has 26 heavy (non-hydrogen) atoms. The molecule has 0 unspecified atom stereocenters. The van der Waals surface area contributed by atoms with Crippen LogP contribution < -0.4 is 4.74 Å². The summed E-state index contributed by atoms with van der Waals surface area (Å²) in [6.07, 6.45) is 1.81. The van der Waals surface area contributed by atoms with Crippen molar-refractivity contribution in [2.45, 2.75) is 13.8 Å². The average Bonchev–Trinajstić information content (AvgIpc) is 2.93. The fourth-order valence-electron chi connectivity index (χ4n) is 2.59. The van der Waals surface area contributed by atoms with Crippen LogP contribution in [0.4, 0.5) is 10.1 Å². The quantitative estimate of drug-likeness (QED) is 0.728. The first-order valence-electron chi connectivity index (χ1n) is 8.22. The second-order valence-corrected chi connectivity index (χ2v) is 6.74. The smallest absolute Gasteiger partial charge is 0.266 e. The largest absolute Gasteiger partial charge is 0.496 e. The van der Waals surface area contributed by atoms with E-state index < -0.39 is 5.82 Å². The van der Waals surface area contributed by atoms with Gasteiger partial charge >= 0.3 is 0 Å². The van der Waals surface area contributed by atoms with Gasteiger partial charge in [0.25, 0.3) is 5.91 Å². The van der Waals surface area contributed by atoms with E-state index in [-0.39, 0.29) is 11.6 Å². The van der Waals surface area contributed by atoms with Crippen LogP contribution in [0.2, 0.25) is 0 Å². The van der Waals surface area contributed by atoms with Crippen molar-refractivity contribution in [2.75, 3.05) is 13.7 Å². The molecule has 1 aliphatic rings. The Hall–Kier alpha value is -2.60. The lowest BCUT2D eigenvalue weighted by molar-refractivity contribution is -0.122. The second kappa shape index (κ2) is 7.74. The van der Waals surface area contributed by atoms with Crippen molar-refractivity contribution in [3.05, 3.63) is 64.3 Å². The van der Waals surface area contributed by atoms with E-state index in [4.69, 9.17) is 4.74 Å². The monoisotopic (exact) mass is 370 g/mol. The number of carbonyl (C=O) groups is 1. The second-order valence-electron chi connectivity index (χ2n) is 5.73. The first-order chi connectivity index (χ1) is 12.5. The molecule has 1 heterocycles. The lowest BCUT2D eigenvalue weighted by Gasteiger charge is -2.12. The van der Waals surface area contributed by atoms with Crippen LogP contribution in [0.25, 0.3) is 6.08 Å². The molecule has 1 fully saturated rings. The third kappa shape index (κ3) is 3.65. The van der Waals surface area contributed by atoms with Gasteiger partial charge in [-0.25, -0.2) is 9.38 Å². The highest BCUT2D eigenvalue weighted by Crippen LogP contribution is 2.35. The number of thioether (sulfide) groups is 1. The Balaban J connectivity index is 1.96. The Labute approximate surface area is 156 Å². The fourth-order valence-corrected chi connectivity index (χ4v) is 3.65. The number of para-hydroxylation sites is 1. The van der Waals surface area contributed by atoms with E-state index in [1.807, 2.05) is 38.1 Å². The number of methoxy groups -OCH3 is 1. The molecule has 1 saturated heterocycles. The van der Waals surface area contributed by atoms with Gasteiger partial charge in [-0.15, -0.1) is 0 Å². The number of rotatable bonds is 4. The minimum Gasteiger partial charge on any atom is -0.496 e. The van der Waals surface area contributed by atoms with Crippen LogP contribution in [0, 0.1) is 12.7 Å². The minimum atomic E-state index is -0.412. The summed E-state index contributed by atoms with van der Waals surface area (Å²) in [7, 11) is 1.62. The summed E-state index contributed by atoms with van der Waals surface area (Å²) < 4.78 is 19.2. The Morgan fingerprint density at radius 1 is 1.27 bits per heavy atom. The van der Waals surface area contributed by atoms with Crippen LogP contribution in [0.15, 0.2) is 52.4 Å². The third-order valence-electron chi connectivity index (χ3n) is 4.00. The van der Waals surface area contributed by atoms with E-state index >= 15 is 0 Å². The number of carbonyl (C=O) groups excluding carboxylic acids is 1. The Bertz CT molecular complexity index is 908. The number of amides is 1. The molecule has 1 aliphatic heterocycles. The Morgan fingerprint density at radius 3 is 2.73 bits per heavy atom. The molecule has 0 bridgehead atoms. The molecule has 0 aliphatic carbocycles. The average molecular weight is 370 g/mol. The van der Waals surface area contributed by atoms with Crippen molar-refractivity contribution in [3.8, 4) is 5.75 Å². The number of likely N-dealkylation sites (N-methyl/N-ethyl adjacent to an activating group) is 1. The van der Waals surface area contributed by atoms with Crippen molar-refractivity contribution >= 4 is 34.6 Å². The Morgan fingerprint density at radius 2 is 2.04 bits per heavy atom. The van der Waals surface area contributed by atoms with Crippen LogP contribution in [0.3, 0.4) is 0 Å². The molecule has 2 aromatic rings. The number of nitrogens with zero attached hydrogens (tertiary/aromatic N) is 2. The first kappa shape index (κ1) is 18.2. The van der Waals surface area contributed by atoms with Gasteiger partial charge in [-0.1, -0.05) is 24.3 Å². The van der Waals surface area contributed by atoms with Gasteiger partial charge in [0.2, 0.25) is 0 Å². The topological polar surface area (TPSA) is 41.9 Å². The van der Waals surface area contributed by atoms with E-state index in [1.165, 1.54) is 17.8 Å². The molecule has 3 rings (SSSR count). The summed E-state index contributed by atoms with van der Waals surface area (Å²) in [6, 6.07) is 12.0. The molecule has 0 N–H and O–H groups in total. The van der Waals surface area contributed by atoms with Gasteiger partial charge < -0.3 is 4.74 Å². The maximum atomic E-state index is 13.9. The van der Waals surface area contributed by atoms with Crippen LogP contribution in [0.5, 0.6) is 5.75 Å². The molecule has 1 amide bonds. The van der Waals surface area contributed by atoms with Gasteiger partial charge in [0.1, 0.15) is 17.3 Å². The SMILES string of the molecule is CCN1C(=O)/C(=C\c2ccc(C)c(OC)c2)SC1=Nc1ccccc1F. The number of aryl methyl sites for hydroxylation is 1. The number of hydrogen-bond acceptors (Lipinski definition) is 4. The molecule has 6 heteroatoms. The number of aliphatic imine (C=N–C) groups is 1. The molecular weight excluding hydrogens is 351 g/mol. The van der Waals surface area contributed by atoms with Crippen LogP contribution >= 0.6 is 11.8 Å². The van der Waals surface area contributed by atoms with Crippen molar-refractivity contribution in [1.29, 1.82) is 0 Å². The van der Waals surface area contributed by atoms with E-state index in [9.17, 15) is 9.18 Å². The minimum absolute atomic E-state index is 0.132. The first-order valence-corrected chi connectivity index (χ1v) is 9.04. The molecule has 0 spiro atoms. The zero-order valence-electron chi connectivity index (χ0n) is 14.8. The lowest BCUT2D eigenvalue weighted by atomic mass is 10.1. The number of benzene rings is 2. The molecule has 2 aromatic carbocycles. The summed E-state index contributed by atoms with van der Waals surface area (Å²) in [5.41, 5.74) is 2.11. The summed E-state index contributed by atoms with van der Waals surface area (Å²) in [5.74, 6) is 0.222. The summed E-state index contributed by atoms with van der Waals surface area (Å²) in [4.78, 5) is 19.1. The van der Waals surface area contributed by atoms with Gasteiger partial charge in [0.15, 0.2) is 5.17 Å². The van der Waals surface area contributed by atoms with Gasteiger partial charge in [-0.05, 0) is 61.0 Å². The van der Waals surface area contributed by atoms with Crippen molar-refractivity contribution < 1.29 is 13.9 Å². The van der Waals surface area contributed by atoms with Crippen LogP contribution in [-0.2, 0) is 4.79 Å². The van der Waals surface area contributed by atoms with Gasteiger partial charge in [-0.2, -0.15) is 0 Å². The van der Waals surface area contributed by atoms with E-state index in [0.29, 0.717) is 16.6 Å². The zero-order valence-corrected chi connectivity index (χ0v) is 15.6. The van der Waals surface area contributed by atoms with Crippen molar-refractivity contribution in [3.63, 3.8) is 0 Å². The summed E-state index contributed by atoms with van der Waals surface area (Å²) >= 11 is 1.25. The van der Waals surface area contributed by atoms with Gasteiger partial charge in [0.05, 0.1) is 12.0 Å². The predicted molar refractivity (Wildman–Crippen MR) is 104 cm³/mol. The van der Waals surface area contributed by atoms with Crippen LogP contribution in [0.1, 0.15) is 18.1 Å². The number of amidine groups is 1. The molecule has 134 valence electrons. The lowest BCUT2D eigenvalue weighted by Crippen LogP contribution is -2.28. The molecular formula is C20H19FN2O2S.